The van der Waals surface area contributed by atoms with Crippen molar-refractivity contribution in [2.45, 2.75) is 40.0 Å². The fourth-order valence-corrected chi connectivity index (χ4v) is 1.07. The molecule has 0 amide bonds. The van der Waals surface area contributed by atoms with Gasteiger partial charge in [-0.25, -0.2) is 0 Å². The van der Waals surface area contributed by atoms with Crippen molar-refractivity contribution in [1.29, 1.82) is 0 Å². The lowest BCUT2D eigenvalue weighted by Gasteiger charge is -2.14. The molecule has 0 saturated carbocycles. The fraction of sp³-hybridized carbons (Fsp3) is 1.00. The minimum atomic E-state index is 0.582. The Morgan fingerprint density at radius 3 is 1.62 bits per heavy atom. The van der Waals surface area contributed by atoms with Crippen LogP contribution in [0.15, 0.2) is 0 Å². The summed E-state index contributed by atoms with van der Waals surface area (Å²) in [4.78, 5) is 0. The van der Waals surface area contributed by atoms with Crippen LogP contribution in [-0.2, 0) is 9.47 Å². The molecule has 0 bridgehead atoms. The lowest BCUT2D eigenvalue weighted by atomic mass is 10.1. The van der Waals surface area contributed by atoms with E-state index in [2.05, 4.69) is 20.8 Å². The smallest absolute Gasteiger partial charge is 0.0516 e. The minimum absolute atomic E-state index is 0.582. The normalized spacial score (nSPS) is 11.1. The highest BCUT2D eigenvalue weighted by Crippen LogP contribution is 2.04. The molecule has 80 valence electrons. The maximum atomic E-state index is 5.49. The summed E-state index contributed by atoms with van der Waals surface area (Å²) in [6, 6.07) is 0. The van der Waals surface area contributed by atoms with Crippen LogP contribution in [0.1, 0.15) is 40.0 Å². The van der Waals surface area contributed by atoms with Gasteiger partial charge in [0.05, 0.1) is 13.2 Å². The van der Waals surface area contributed by atoms with Crippen LogP contribution in [0.5, 0.6) is 0 Å². The van der Waals surface area contributed by atoms with E-state index in [9.17, 15) is 0 Å². The standard InChI is InChI=1S/C11H24O2/c1-4-7-12-9-11(6-3)10-13-8-5-2/h11H,4-10H2,1-3H3. The van der Waals surface area contributed by atoms with E-state index in [1.165, 1.54) is 0 Å². The summed E-state index contributed by atoms with van der Waals surface area (Å²) in [7, 11) is 0. The molecule has 13 heavy (non-hydrogen) atoms. The molecule has 0 aliphatic heterocycles. The summed E-state index contributed by atoms with van der Waals surface area (Å²) in [5, 5.41) is 0. The van der Waals surface area contributed by atoms with Crippen LogP contribution in [0, 0.1) is 5.92 Å². The number of ether oxygens (including phenoxy) is 2. The van der Waals surface area contributed by atoms with E-state index in [1.807, 2.05) is 0 Å². The molecule has 0 aromatic carbocycles. The van der Waals surface area contributed by atoms with Gasteiger partial charge in [-0.1, -0.05) is 20.8 Å². The Balaban J connectivity index is 3.28. The molecular formula is C11H24O2. The predicted octanol–water partition coefficient (Wildman–Crippen LogP) is 2.87. The van der Waals surface area contributed by atoms with Crippen molar-refractivity contribution in [1.82, 2.24) is 0 Å². The first-order valence-electron chi connectivity index (χ1n) is 5.50. The van der Waals surface area contributed by atoms with Crippen molar-refractivity contribution in [2.75, 3.05) is 26.4 Å². The molecule has 0 unspecified atom stereocenters. The highest BCUT2D eigenvalue weighted by Gasteiger charge is 2.05. The van der Waals surface area contributed by atoms with E-state index >= 15 is 0 Å². The molecule has 0 rings (SSSR count). The van der Waals surface area contributed by atoms with E-state index in [4.69, 9.17) is 9.47 Å². The topological polar surface area (TPSA) is 18.5 Å². The fourth-order valence-electron chi connectivity index (χ4n) is 1.07. The van der Waals surface area contributed by atoms with Crippen molar-refractivity contribution >= 4 is 0 Å². The third-order valence-electron chi connectivity index (χ3n) is 1.98. The Hall–Kier alpha value is -0.0800. The van der Waals surface area contributed by atoms with Gasteiger partial charge in [0, 0.05) is 19.1 Å². The first-order chi connectivity index (χ1) is 6.35. The van der Waals surface area contributed by atoms with Crippen molar-refractivity contribution in [3.63, 3.8) is 0 Å². The van der Waals surface area contributed by atoms with Crippen molar-refractivity contribution in [2.24, 2.45) is 5.92 Å². The highest BCUT2D eigenvalue weighted by atomic mass is 16.5. The second-order valence-corrected chi connectivity index (χ2v) is 3.42. The number of hydrogen-bond acceptors (Lipinski definition) is 2. The zero-order valence-electron chi connectivity index (χ0n) is 9.34. The summed E-state index contributed by atoms with van der Waals surface area (Å²) in [5.41, 5.74) is 0. The van der Waals surface area contributed by atoms with Crippen molar-refractivity contribution in [3.8, 4) is 0 Å². The highest BCUT2D eigenvalue weighted by molar-refractivity contribution is 4.53. The van der Waals surface area contributed by atoms with E-state index < -0.39 is 0 Å². The van der Waals surface area contributed by atoms with Crippen LogP contribution in [0.3, 0.4) is 0 Å². The van der Waals surface area contributed by atoms with Gasteiger partial charge in [0.15, 0.2) is 0 Å². The van der Waals surface area contributed by atoms with E-state index in [1.54, 1.807) is 0 Å². The Morgan fingerprint density at radius 1 is 0.846 bits per heavy atom. The van der Waals surface area contributed by atoms with Crippen LogP contribution in [-0.4, -0.2) is 26.4 Å². The maximum Gasteiger partial charge on any atom is 0.0516 e. The van der Waals surface area contributed by atoms with Gasteiger partial charge >= 0.3 is 0 Å². The lowest BCUT2D eigenvalue weighted by molar-refractivity contribution is 0.0382. The quantitative estimate of drug-likeness (QED) is 0.518. The van der Waals surface area contributed by atoms with Crippen molar-refractivity contribution in [3.05, 3.63) is 0 Å². The first kappa shape index (κ1) is 12.9. The Kier molecular flexibility index (Phi) is 9.94. The molecule has 0 aromatic rings. The van der Waals surface area contributed by atoms with Crippen LogP contribution < -0.4 is 0 Å². The molecular weight excluding hydrogens is 164 g/mol. The Labute approximate surface area is 82.6 Å². The van der Waals surface area contributed by atoms with Crippen molar-refractivity contribution < 1.29 is 9.47 Å². The molecule has 0 radical (unpaired) electrons. The summed E-state index contributed by atoms with van der Waals surface area (Å²) in [6.07, 6.45) is 3.35. The molecule has 0 atom stereocenters. The monoisotopic (exact) mass is 188 g/mol. The van der Waals surface area contributed by atoms with Gasteiger partial charge in [-0.05, 0) is 19.3 Å². The van der Waals surface area contributed by atoms with Gasteiger partial charge in [0.2, 0.25) is 0 Å². The largest absolute Gasteiger partial charge is 0.381 e. The molecule has 0 heterocycles. The molecule has 2 heteroatoms. The van der Waals surface area contributed by atoms with Crippen LogP contribution in [0.25, 0.3) is 0 Å². The van der Waals surface area contributed by atoms with Crippen LogP contribution >= 0.6 is 0 Å². The molecule has 0 saturated heterocycles. The summed E-state index contributed by atoms with van der Waals surface area (Å²) >= 11 is 0. The van der Waals surface area contributed by atoms with Gasteiger partial charge in [0.1, 0.15) is 0 Å². The van der Waals surface area contributed by atoms with Gasteiger partial charge in [0.25, 0.3) is 0 Å². The number of rotatable bonds is 9. The Morgan fingerprint density at radius 2 is 1.31 bits per heavy atom. The second kappa shape index (κ2) is 10.0. The molecule has 0 fully saturated rings. The molecule has 0 aliphatic rings. The summed E-state index contributed by atoms with van der Waals surface area (Å²) in [6.45, 7) is 9.93. The summed E-state index contributed by atoms with van der Waals surface area (Å²) < 4.78 is 11.0. The molecule has 0 spiro atoms. The van der Waals surface area contributed by atoms with Crippen LogP contribution in [0.4, 0.5) is 0 Å². The number of hydrogen-bond donors (Lipinski definition) is 0. The molecule has 0 aromatic heterocycles. The minimum Gasteiger partial charge on any atom is -0.381 e. The van der Waals surface area contributed by atoms with E-state index in [0.717, 1.165) is 45.7 Å². The second-order valence-electron chi connectivity index (χ2n) is 3.42. The average Bonchev–Trinajstić information content (AvgIpc) is 2.16. The van der Waals surface area contributed by atoms with Crippen LogP contribution in [0.2, 0.25) is 0 Å². The summed E-state index contributed by atoms with van der Waals surface area (Å²) in [5.74, 6) is 0.582. The van der Waals surface area contributed by atoms with Gasteiger partial charge in [-0.3, -0.25) is 0 Å². The lowest BCUT2D eigenvalue weighted by Crippen LogP contribution is -2.16. The first-order valence-corrected chi connectivity index (χ1v) is 5.50. The average molecular weight is 188 g/mol. The Bertz CT molecular complexity index is 84.1. The van der Waals surface area contributed by atoms with Gasteiger partial charge in [-0.15, -0.1) is 0 Å². The third kappa shape index (κ3) is 8.26. The third-order valence-corrected chi connectivity index (χ3v) is 1.98. The molecule has 2 nitrogen and oxygen atoms in total. The zero-order valence-corrected chi connectivity index (χ0v) is 9.34. The SMILES string of the molecule is CCCOCC(CC)COCCC. The van der Waals surface area contributed by atoms with E-state index in [-0.39, 0.29) is 0 Å². The zero-order chi connectivity index (χ0) is 9.94. The maximum absolute atomic E-state index is 5.49. The predicted molar refractivity (Wildman–Crippen MR) is 56.0 cm³/mol. The van der Waals surface area contributed by atoms with E-state index in [0.29, 0.717) is 5.92 Å². The molecule has 0 N–H and O–H groups in total. The van der Waals surface area contributed by atoms with Gasteiger partial charge in [-0.2, -0.15) is 0 Å². The molecule has 0 aliphatic carbocycles. The van der Waals surface area contributed by atoms with Gasteiger partial charge < -0.3 is 9.47 Å².